The summed E-state index contributed by atoms with van der Waals surface area (Å²) in [4.78, 5) is 22.8. The fraction of sp³-hybridized carbons (Fsp3) is 0.562. The Morgan fingerprint density at radius 3 is 2.92 bits per heavy atom. The summed E-state index contributed by atoms with van der Waals surface area (Å²) in [6.45, 7) is -0.109. The Kier molecular flexibility index (Phi) is 7.19. The van der Waals surface area contributed by atoms with Crippen LogP contribution in [0.4, 0.5) is 19.0 Å². The molecule has 1 aliphatic heterocycles. The van der Waals surface area contributed by atoms with Gasteiger partial charge in [0.25, 0.3) is 0 Å². The number of fused-ring (bicyclic) bond motifs is 1. The van der Waals surface area contributed by atoms with Crippen LogP contribution in [0.15, 0.2) is 18.5 Å². The Balaban J connectivity index is 0.000000195. The Morgan fingerprint density at radius 1 is 1.42 bits per heavy atom. The number of aromatic nitrogens is 3. The van der Waals surface area contributed by atoms with Gasteiger partial charge in [-0.25, -0.2) is 9.97 Å². The van der Waals surface area contributed by atoms with Crippen molar-refractivity contribution in [1.82, 2.24) is 25.2 Å². The minimum Gasteiger partial charge on any atom is -0.372 e. The van der Waals surface area contributed by atoms with Gasteiger partial charge in [-0.2, -0.15) is 13.2 Å². The lowest BCUT2D eigenvalue weighted by molar-refractivity contribution is -0.153. The van der Waals surface area contributed by atoms with Gasteiger partial charge in [-0.3, -0.25) is 9.69 Å². The largest absolute Gasteiger partial charge is 0.401 e. The summed E-state index contributed by atoms with van der Waals surface area (Å²) in [5, 5.41) is 5.37. The van der Waals surface area contributed by atoms with Crippen LogP contribution in [0.5, 0.6) is 0 Å². The number of alkyl halides is 3. The van der Waals surface area contributed by atoms with Crippen molar-refractivity contribution in [3.05, 3.63) is 18.5 Å². The first-order valence-corrected chi connectivity index (χ1v) is 8.38. The van der Waals surface area contributed by atoms with E-state index < -0.39 is 12.7 Å². The van der Waals surface area contributed by atoms with Crippen molar-refractivity contribution in [1.29, 1.82) is 0 Å². The van der Waals surface area contributed by atoms with Gasteiger partial charge in [-0.1, -0.05) is 6.42 Å². The van der Waals surface area contributed by atoms with Crippen molar-refractivity contribution in [2.24, 2.45) is 0 Å². The standard InChI is InChI=1S/C9H15F3N2O.C7H8N4/c10-9(11,12)6-14-4-2-1-3-8(14)5-13-7-15;1-8-6-4-10-7-5(11-6)2-3-9-7/h7-8H,1-6H2,(H,13,15);2-4H,1H3,(H,8,11)(H,9,10). The third-order valence-electron chi connectivity index (χ3n) is 4.09. The van der Waals surface area contributed by atoms with Crippen LogP contribution >= 0.6 is 0 Å². The summed E-state index contributed by atoms with van der Waals surface area (Å²) in [7, 11) is 1.82. The lowest BCUT2D eigenvalue weighted by Gasteiger charge is -2.35. The number of carbonyl (C=O) groups is 1. The zero-order valence-corrected chi connectivity index (χ0v) is 14.5. The zero-order valence-electron chi connectivity index (χ0n) is 14.5. The van der Waals surface area contributed by atoms with E-state index in [1.165, 1.54) is 4.90 Å². The normalized spacial score (nSPS) is 18.1. The molecule has 10 heteroatoms. The van der Waals surface area contributed by atoms with Gasteiger partial charge in [-0.15, -0.1) is 0 Å². The number of hydrogen-bond acceptors (Lipinski definition) is 5. The first-order valence-electron chi connectivity index (χ1n) is 8.38. The maximum atomic E-state index is 12.2. The smallest absolute Gasteiger partial charge is 0.372 e. The number of likely N-dealkylation sites (tertiary alicyclic amines) is 1. The second-order valence-corrected chi connectivity index (χ2v) is 5.98. The summed E-state index contributed by atoms with van der Waals surface area (Å²) in [6.07, 6.45) is 2.34. The molecule has 1 aliphatic rings. The molecule has 0 saturated carbocycles. The van der Waals surface area contributed by atoms with E-state index in [4.69, 9.17) is 0 Å². The van der Waals surface area contributed by atoms with E-state index in [0.29, 0.717) is 19.5 Å². The molecule has 2 aromatic rings. The SMILES string of the molecule is CNc1cnc2[nH]ccc2n1.O=CNCC1CCCCN1CC(F)(F)F. The lowest BCUT2D eigenvalue weighted by Crippen LogP contribution is -2.48. The Labute approximate surface area is 149 Å². The molecule has 3 N–H and O–H groups in total. The highest BCUT2D eigenvalue weighted by atomic mass is 19.4. The predicted molar refractivity (Wildman–Crippen MR) is 92.8 cm³/mol. The molecular weight excluding hydrogens is 349 g/mol. The van der Waals surface area contributed by atoms with Gasteiger partial charge in [0, 0.05) is 25.8 Å². The molecule has 0 aliphatic carbocycles. The number of amides is 1. The van der Waals surface area contributed by atoms with Gasteiger partial charge in [0.2, 0.25) is 6.41 Å². The topological polar surface area (TPSA) is 85.9 Å². The van der Waals surface area contributed by atoms with E-state index in [0.717, 1.165) is 36.2 Å². The van der Waals surface area contributed by atoms with Gasteiger partial charge >= 0.3 is 6.18 Å². The second kappa shape index (κ2) is 9.37. The van der Waals surface area contributed by atoms with Crippen LogP contribution in [0.25, 0.3) is 11.2 Å². The fourth-order valence-electron chi connectivity index (χ4n) is 2.86. The number of hydrogen-bond donors (Lipinski definition) is 3. The Hall–Kier alpha value is -2.36. The van der Waals surface area contributed by atoms with Crippen LogP contribution in [0, 0.1) is 0 Å². The molecule has 144 valence electrons. The minimum absolute atomic E-state index is 0.175. The molecule has 0 radical (unpaired) electrons. The van der Waals surface area contributed by atoms with Gasteiger partial charge in [0.15, 0.2) is 5.65 Å². The van der Waals surface area contributed by atoms with E-state index in [1.807, 2.05) is 19.3 Å². The van der Waals surface area contributed by atoms with Gasteiger partial charge in [-0.05, 0) is 25.5 Å². The highest BCUT2D eigenvalue weighted by Crippen LogP contribution is 2.23. The van der Waals surface area contributed by atoms with Crippen molar-refractivity contribution in [3.63, 3.8) is 0 Å². The predicted octanol–water partition coefficient (Wildman–Crippen LogP) is 2.15. The second-order valence-electron chi connectivity index (χ2n) is 5.98. The number of nitrogens with zero attached hydrogens (tertiary/aromatic N) is 3. The number of halogens is 3. The van der Waals surface area contributed by atoms with E-state index >= 15 is 0 Å². The molecule has 1 amide bonds. The average Bonchev–Trinajstić information content (AvgIpc) is 3.08. The minimum atomic E-state index is -4.16. The van der Waals surface area contributed by atoms with E-state index in [9.17, 15) is 18.0 Å². The van der Waals surface area contributed by atoms with Gasteiger partial charge in [0.1, 0.15) is 11.3 Å². The molecule has 3 heterocycles. The zero-order chi connectivity index (χ0) is 19.0. The molecule has 0 aromatic carbocycles. The number of H-pyrrole nitrogens is 1. The molecule has 0 spiro atoms. The number of rotatable bonds is 5. The molecule has 1 saturated heterocycles. The van der Waals surface area contributed by atoms with Crippen LogP contribution in [0.3, 0.4) is 0 Å². The molecule has 1 atom stereocenters. The van der Waals surface area contributed by atoms with Crippen LogP contribution in [0.1, 0.15) is 19.3 Å². The van der Waals surface area contributed by atoms with Crippen LogP contribution in [-0.4, -0.2) is 65.2 Å². The third-order valence-corrected chi connectivity index (χ3v) is 4.09. The molecule has 26 heavy (non-hydrogen) atoms. The molecule has 3 rings (SSSR count). The number of carbonyl (C=O) groups excluding carboxylic acids is 1. The van der Waals surface area contributed by atoms with Crippen LogP contribution in [0.2, 0.25) is 0 Å². The number of piperidine rings is 1. The summed E-state index contributed by atoms with van der Waals surface area (Å²) in [5.74, 6) is 0.789. The van der Waals surface area contributed by atoms with Gasteiger partial charge < -0.3 is 15.6 Å². The first-order chi connectivity index (χ1) is 12.4. The van der Waals surface area contributed by atoms with Crippen molar-refractivity contribution in [2.75, 3.05) is 32.0 Å². The molecule has 0 bridgehead atoms. The number of aromatic amines is 1. The number of nitrogens with one attached hydrogen (secondary N) is 3. The monoisotopic (exact) mass is 372 g/mol. The molecular formula is C16H23F3N6O. The Morgan fingerprint density at radius 2 is 2.23 bits per heavy atom. The molecule has 7 nitrogen and oxygen atoms in total. The molecule has 1 fully saturated rings. The molecule has 1 unspecified atom stereocenters. The number of anilines is 1. The summed E-state index contributed by atoms with van der Waals surface area (Å²) >= 11 is 0. The summed E-state index contributed by atoms with van der Waals surface area (Å²) in [6, 6.07) is 1.72. The molecule has 2 aromatic heterocycles. The van der Waals surface area contributed by atoms with Crippen molar-refractivity contribution in [3.8, 4) is 0 Å². The lowest BCUT2D eigenvalue weighted by atomic mass is 10.0. The van der Waals surface area contributed by atoms with Crippen molar-refractivity contribution < 1.29 is 18.0 Å². The highest BCUT2D eigenvalue weighted by Gasteiger charge is 2.34. The highest BCUT2D eigenvalue weighted by molar-refractivity contribution is 5.71. The average molecular weight is 372 g/mol. The van der Waals surface area contributed by atoms with Crippen molar-refractivity contribution >= 4 is 23.4 Å². The third kappa shape index (κ3) is 6.17. The Bertz CT molecular complexity index is 690. The first kappa shape index (κ1) is 20.0. The summed E-state index contributed by atoms with van der Waals surface area (Å²) in [5.41, 5.74) is 1.71. The fourth-order valence-corrected chi connectivity index (χ4v) is 2.86. The quantitative estimate of drug-likeness (QED) is 0.701. The van der Waals surface area contributed by atoms with Gasteiger partial charge in [0.05, 0.1) is 12.7 Å². The summed E-state index contributed by atoms with van der Waals surface area (Å²) < 4.78 is 36.6. The van der Waals surface area contributed by atoms with Crippen LogP contribution < -0.4 is 10.6 Å². The van der Waals surface area contributed by atoms with E-state index in [2.05, 4.69) is 25.6 Å². The van der Waals surface area contributed by atoms with Crippen LogP contribution in [-0.2, 0) is 4.79 Å². The van der Waals surface area contributed by atoms with E-state index in [-0.39, 0.29) is 6.04 Å². The maximum Gasteiger partial charge on any atom is 0.401 e. The maximum absolute atomic E-state index is 12.2. The van der Waals surface area contributed by atoms with E-state index in [1.54, 1.807) is 6.20 Å². The van der Waals surface area contributed by atoms with Crippen molar-refractivity contribution in [2.45, 2.75) is 31.5 Å².